The molecule has 7 heteroatoms. The molecule has 0 spiro atoms. The second-order valence-corrected chi connectivity index (χ2v) is 4.23. The van der Waals surface area contributed by atoms with Crippen LogP contribution in [0.3, 0.4) is 0 Å². The van der Waals surface area contributed by atoms with Crippen molar-refractivity contribution in [1.29, 1.82) is 0 Å². The maximum absolute atomic E-state index is 12.0. The SMILES string of the molecule is O=c1[nH]ncc(OCc2cccc(OCCF)c2)c1Cl. The Balaban J connectivity index is 2.03. The standard InChI is InChI=1S/C13H12ClFN2O3/c14-12-11(7-16-17-13(12)18)20-8-9-2-1-3-10(6-9)19-5-4-15/h1-3,6-7H,4-5,8H2,(H,17,18). The van der Waals surface area contributed by atoms with Crippen LogP contribution in [-0.2, 0) is 6.61 Å². The highest BCUT2D eigenvalue weighted by Gasteiger charge is 2.06. The lowest BCUT2D eigenvalue weighted by atomic mass is 10.2. The summed E-state index contributed by atoms with van der Waals surface area (Å²) in [5.41, 5.74) is 0.293. The number of benzene rings is 1. The van der Waals surface area contributed by atoms with Crippen LogP contribution in [-0.4, -0.2) is 23.5 Å². The van der Waals surface area contributed by atoms with Gasteiger partial charge in [-0.3, -0.25) is 4.79 Å². The molecule has 0 aliphatic carbocycles. The van der Waals surface area contributed by atoms with Crippen molar-refractivity contribution in [1.82, 2.24) is 10.2 Å². The molecule has 0 bridgehead atoms. The van der Waals surface area contributed by atoms with Gasteiger partial charge in [-0.2, -0.15) is 5.10 Å². The first-order valence-electron chi connectivity index (χ1n) is 5.84. The summed E-state index contributed by atoms with van der Waals surface area (Å²) < 4.78 is 22.6. The maximum Gasteiger partial charge on any atom is 0.286 e. The van der Waals surface area contributed by atoms with Gasteiger partial charge >= 0.3 is 0 Å². The van der Waals surface area contributed by atoms with Crippen LogP contribution in [0.25, 0.3) is 0 Å². The molecule has 0 atom stereocenters. The lowest BCUT2D eigenvalue weighted by Crippen LogP contribution is -2.10. The van der Waals surface area contributed by atoms with Gasteiger partial charge in [-0.15, -0.1) is 0 Å². The van der Waals surface area contributed by atoms with Crippen LogP contribution in [0.5, 0.6) is 11.5 Å². The fraction of sp³-hybridized carbons (Fsp3) is 0.231. The Morgan fingerprint density at radius 3 is 3.00 bits per heavy atom. The molecular formula is C13H12ClFN2O3. The van der Waals surface area contributed by atoms with Crippen molar-refractivity contribution in [2.45, 2.75) is 6.61 Å². The third-order valence-corrected chi connectivity index (χ3v) is 2.76. The highest BCUT2D eigenvalue weighted by molar-refractivity contribution is 6.31. The molecule has 2 rings (SSSR count). The molecule has 1 aromatic carbocycles. The third kappa shape index (κ3) is 3.71. The first kappa shape index (κ1) is 14.3. The summed E-state index contributed by atoms with van der Waals surface area (Å²) in [5.74, 6) is 0.754. The Labute approximate surface area is 119 Å². The van der Waals surface area contributed by atoms with Gasteiger partial charge in [-0.05, 0) is 17.7 Å². The Morgan fingerprint density at radius 2 is 2.20 bits per heavy atom. The minimum absolute atomic E-state index is 0.00806. The summed E-state index contributed by atoms with van der Waals surface area (Å²) >= 11 is 5.78. The minimum Gasteiger partial charge on any atom is -0.491 e. The van der Waals surface area contributed by atoms with Crippen LogP contribution in [0.4, 0.5) is 4.39 Å². The second-order valence-electron chi connectivity index (χ2n) is 3.85. The molecule has 0 unspecified atom stereocenters. The quantitative estimate of drug-likeness (QED) is 0.889. The molecule has 5 nitrogen and oxygen atoms in total. The molecule has 0 aliphatic rings. The largest absolute Gasteiger partial charge is 0.491 e. The predicted octanol–water partition coefficient (Wildman–Crippen LogP) is 2.35. The summed E-state index contributed by atoms with van der Waals surface area (Å²) in [6, 6.07) is 7.03. The van der Waals surface area contributed by atoms with Crippen molar-refractivity contribution in [3.63, 3.8) is 0 Å². The number of nitrogens with zero attached hydrogens (tertiary/aromatic N) is 1. The number of nitrogens with one attached hydrogen (secondary N) is 1. The van der Waals surface area contributed by atoms with Gasteiger partial charge in [0.25, 0.3) is 5.56 Å². The molecular weight excluding hydrogens is 287 g/mol. The summed E-state index contributed by atoms with van der Waals surface area (Å²) in [6.45, 7) is -0.347. The van der Waals surface area contributed by atoms with Crippen LogP contribution >= 0.6 is 11.6 Å². The Bertz CT molecular complexity index is 633. The molecule has 0 amide bonds. The Kier molecular flexibility index (Phi) is 4.95. The summed E-state index contributed by atoms with van der Waals surface area (Å²) in [5, 5.41) is 5.75. The fourth-order valence-electron chi connectivity index (χ4n) is 1.51. The molecule has 106 valence electrons. The van der Waals surface area contributed by atoms with Gasteiger partial charge in [0.2, 0.25) is 0 Å². The van der Waals surface area contributed by atoms with Crippen LogP contribution in [0.15, 0.2) is 35.3 Å². The van der Waals surface area contributed by atoms with E-state index in [4.69, 9.17) is 21.1 Å². The molecule has 1 N–H and O–H groups in total. The summed E-state index contributed by atoms with van der Waals surface area (Å²) in [7, 11) is 0. The van der Waals surface area contributed by atoms with Gasteiger partial charge in [0.15, 0.2) is 10.8 Å². The number of H-pyrrole nitrogens is 1. The number of rotatable bonds is 6. The number of alkyl halides is 1. The van der Waals surface area contributed by atoms with Crippen molar-refractivity contribution < 1.29 is 13.9 Å². The molecule has 20 heavy (non-hydrogen) atoms. The summed E-state index contributed by atoms with van der Waals surface area (Å²) in [4.78, 5) is 11.2. The van der Waals surface area contributed by atoms with Crippen molar-refractivity contribution in [3.05, 3.63) is 51.4 Å². The Morgan fingerprint density at radius 1 is 1.35 bits per heavy atom. The van der Waals surface area contributed by atoms with E-state index < -0.39 is 12.2 Å². The van der Waals surface area contributed by atoms with Gasteiger partial charge in [-0.25, -0.2) is 9.49 Å². The van der Waals surface area contributed by atoms with Crippen molar-refractivity contribution >= 4 is 11.6 Å². The zero-order chi connectivity index (χ0) is 14.4. The number of hydrogen-bond donors (Lipinski definition) is 1. The van der Waals surface area contributed by atoms with Gasteiger partial charge < -0.3 is 9.47 Å². The van der Waals surface area contributed by atoms with E-state index in [1.807, 2.05) is 6.07 Å². The predicted molar refractivity (Wildman–Crippen MR) is 72.1 cm³/mol. The number of ether oxygens (including phenoxy) is 2. The lowest BCUT2D eigenvalue weighted by Gasteiger charge is -2.08. The maximum atomic E-state index is 12.0. The van der Waals surface area contributed by atoms with Crippen LogP contribution in [0.1, 0.15) is 5.56 Å². The van der Waals surface area contributed by atoms with E-state index in [-0.39, 0.29) is 24.0 Å². The van der Waals surface area contributed by atoms with E-state index in [9.17, 15) is 9.18 Å². The average Bonchev–Trinajstić information content (AvgIpc) is 2.47. The van der Waals surface area contributed by atoms with E-state index in [2.05, 4.69) is 10.2 Å². The van der Waals surface area contributed by atoms with Gasteiger partial charge in [0.05, 0.1) is 6.20 Å². The first-order valence-corrected chi connectivity index (χ1v) is 6.22. The molecule has 0 saturated carbocycles. The van der Waals surface area contributed by atoms with Gasteiger partial charge in [0, 0.05) is 0 Å². The molecule has 0 fully saturated rings. The molecule has 1 aromatic heterocycles. The van der Waals surface area contributed by atoms with Gasteiger partial charge in [0.1, 0.15) is 25.6 Å². The minimum atomic E-state index is -0.547. The zero-order valence-electron chi connectivity index (χ0n) is 10.4. The van der Waals surface area contributed by atoms with Crippen molar-refractivity contribution in [2.24, 2.45) is 0 Å². The average molecular weight is 299 g/mol. The van der Waals surface area contributed by atoms with Crippen LogP contribution in [0, 0.1) is 0 Å². The monoisotopic (exact) mass is 298 g/mol. The fourth-order valence-corrected chi connectivity index (χ4v) is 1.66. The van der Waals surface area contributed by atoms with Crippen molar-refractivity contribution in [3.8, 4) is 11.5 Å². The highest BCUT2D eigenvalue weighted by Crippen LogP contribution is 2.20. The topological polar surface area (TPSA) is 64.2 Å². The lowest BCUT2D eigenvalue weighted by molar-refractivity contribution is 0.271. The third-order valence-electron chi connectivity index (χ3n) is 2.40. The first-order chi connectivity index (χ1) is 9.70. The zero-order valence-corrected chi connectivity index (χ0v) is 11.2. The molecule has 2 aromatic rings. The van der Waals surface area contributed by atoms with E-state index >= 15 is 0 Å². The number of halogens is 2. The number of aromatic amines is 1. The number of hydrogen-bond acceptors (Lipinski definition) is 4. The Hall–Kier alpha value is -2.08. The smallest absolute Gasteiger partial charge is 0.286 e. The van der Waals surface area contributed by atoms with Gasteiger partial charge in [-0.1, -0.05) is 23.7 Å². The van der Waals surface area contributed by atoms with E-state index in [1.165, 1.54) is 6.20 Å². The van der Waals surface area contributed by atoms with E-state index in [0.717, 1.165) is 5.56 Å². The van der Waals surface area contributed by atoms with Crippen LogP contribution in [0.2, 0.25) is 5.02 Å². The van der Waals surface area contributed by atoms with E-state index in [1.54, 1.807) is 18.2 Å². The van der Waals surface area contributed by atoms with E-state index in [0.29, 0.717) is 5.75 Å². The summed E-state index contributed by atoms with van der Waals surface area (Å²) in [6.07, 6.45) is 1.33. The molecule has 0 radical (unpaired) electrons. The molecule has 0 saturated heterocycles. The normalized spacial score (nSPS) is 10.3. The number of aromatic nitrogens is 2. The highest BCUT2D eigenvalue weighted by atomic mass is 35.5. The molecule has 0 aliphatic heterocycles. The molecule has 1 heterocycles. The van der Waals surface area contributed by atoms with Crippen LogP contribution < -0.4 is 15.0 Å². The second kappa shape index (κ2) is 6.91. The van der Waals surface area contributed by atoms with Crippen molar-refractivity contribution in [2.75, 3.05) is 13.3 Å².